The molecule has 1 atom stereocenters. The zero-order chi connectivity index (χ0) is 17.8. The molecule has 2 amide bonds. The Morgan fingerprint density at radius 3 is 2.92 bits per heavy atom. The molecule has 1 saturated heterocycles. The maximum absolute atomic E-state index is 12.6. The van der Waals surface area contributed by atoms with Gasteiger partial charge in [-0.2, -0.15) is 5.10 Å². The van der Waals surface area contributed by atoms with E-state index in [4.69, 9.17) is 4.74 Å². The van der Waals surface area contributed by atoms with Gasteiger partial charge in [0, 0.05) is 37.5 Å². The van der Waals surface area contributed by atoms with Gasteiger partial charge in [0.2, 0.25) is 5.91 Å². The van der Waals surface area contributed by atoms with E-state index in [-0.39, 0.29) is 17.7 Å². The molecule has 0 unspecified atom stereocenters. The van der Waals surface area contributed by atoms with Crippen molar-refractivity contribution >= 4 is 17.6 Å². The number of benzene rings is 1. The van der Waals surface area contributed by atoms with Gasteiger partial charge in [0.05, 0.1) is 13.0 Å². The Labute approximate surface area is 146 Å². The third-order valence-corrected chi connectivity index (χ3v) is 4.38. The summed E-state index contributed by atoms with van der Waals surface area (Å²) in [4.78, 5) is 26.7. The van der Waals surface area contributed by atoms with Crippen molar-refractivity contribution in [2.75, 3.05) is 25.5 Å². The molecule has 3 rings (SSSR count). The van der Waals surface area contributed by atoms with E-state index in [1.54, 1.807) is 47.0 Å². The Kier molecular flexibility index (Phi) is 5.02. The van der Waals surface area contributed by atoms with Crippen LogP contribution in [0.2, 0.25) is 0 Å². The summed E-state index contributed by atoms with van der Waals surface area (Å²) < 4.78 is 6.91. The Bertz CT molecular complexity index is 771. The number of amides is 2. The highest BCUT2D eigenvalue weighted by Crippen LogP contribution is 2.22. The van der Waals surface area contributed by atoms with Crippen molar-refractivity contribution in [3.05, 3.63) is 42.1 Å². The molecule has 1 fully saturated rings. The van der Waals surface area contributed by atoms with Crippen LogP contribution in [0.3, 0.4) is 0 Å². The SMILES string of the molecule is CCn1ccc(NC(=O)[C@@H]2CCN(C(=O)c3cccc(OC)c3)C2)n1. The molecular weight excluding hydrogens is 320 g/mol. The second-order valence-corrected chi connectivity index (χ2v) is 6.01. The van der Waals surface area contributed by atoms with E-state index in [0.29, 0.717) is 36.6 Å². The van der Waals surface area contributed by atoms with E-state index in [1.807, 2.05) is 13.1 Å². The van der Waals surface area contributed by atoms with Crippen molar-refractivity contribution in [2.24, 2.45) is 5.92 Å². The van der Waals surface area contributed by atoms with Gasteiger partial charge in [-0.1, -0.05) is 6.07 Å². The molecular formula is C18H22N4O3. The Morgan fingerprint density at radius 1 is 1.36 bits per heavy atom. The average Bonchev–Trinajstić information content (AvgIpc) is 3.30. The van der Waals surface area contributed by atoms with Gasteiger partial charge < -0.3 is 15.0 Å². The highest BCUT2D eigenvalue weighted by molar-refractivity contribution is 5.96. The predicted molar refractivity (Wildman–Crippen MR) is 93.5 cm³/mol. The van der Waals surface area contributed by atoms with E-state index < -0.39 is 0 Å². The number of likely N-dealkylation sites (tertiary alicyclic amines) is 1. The van der Waals surface area contributed by atoms with Crippen molar-refractivity contribution in [1.29, 1.82) is 0 Å². The van der Waals surface area contributed by atoms with Crippen molar-refractivity contribution in [3.63, 3.8) is 0 Å². The van der Waals surface area contributed by atoms with Crippen LogP contribution in [0.25, 0.3) is 0 Å². The van der Waals surface area contributed by atoms with Crippen molar-refractivity contribution in [2.45, 2.75) is 19.9 Å². The molecule has 2 heterocycles. The zero-order valence-electron chi connectivity index (χ0n) is 14.4. The molecule has 0 aliphatic carbocycles. The van der Waals surface area contributed by atoms with Gasteiger partial charge in [0.15, 0.2) is 5.82 Å². The summed E-state index contributed by atoms with van der Waals surface area (Å²) in [6.07, 6.45) is 2.47. The first kappa shape index (κ1) is 17.0. The maximum Gasteiger partial charge on any atom is 0.254 e. The van der Waals surface area contributed by atoms with E-state index in [0.717, 1.165) is 6.54 Å². The lowest BCUT2D eigenvalue weighted by Crippen LogP contribution is -2.31. The second kappa shape index (κ2) is 7.38. The molecule has 25 heavy (non-hydrogen) atoms. The van der Waals surface area contributed by atoms with E-state index in [2.05, 4.69) is 10.4 Å². The first-order valence-electron chi connectivity index (χ1n) is 8.38. The van der Waals surface area contributed by atoms with Crippen LogP contribution in [0.1, 0.15) is 23.7 Å². The standard InChI is InChI=1S/C18H22N4O3/c1-3-22-10-8-16(20-22)19-17(23)14-7-9-21(12-14)18(24)13-5-4-6-15(11-13)25-2/h4-6,8,10-11,14H,3,7,9,12H2,1-2H3,(H,19,20,23)/t14-/m1/s1. The van der Waals surface area contributed by atoms with Crippen molar-refractivity contribution < 1.29 is 14.3 Å². The molecule has 7 heteroatoms. The number of anilines is 1. The van der Waals surface area contributed by atoms with Crippen LogP contribution in [0, 0.1) is 5.92 Å². The monoisotopic (exact) mass is 342 g/mol. The molecule has 0 bridgehead atoms. The number of methoxy groups -OCH3 is 1. The minimum Gasteiger partial charge on any atom is -0.497 e. The van der Waals surface area contributed by atoms with Gasteiger partial charge in [0.25, 0.3) is 5.91 Å². The zero-order valence-corrected chi connectivity index (χ0v) is 14.4. The number of aromatic nitrogens is 2. The Morgan fingerprint density at radius 2 is 2.20 bits per heavy atom. The smallest absolute Gasteiger partial charge is 0.254 e. The van der Waals surface area contributed by atoms with Gasteiger partial charge in [-0.3, -0.25) is 14.3 Å². The molecule has 132 valence electrons. The number of hydrogen-bond acceptors (Lipinski definition) is 4. The number of ether oxygens (including phenoxy) is 1. The largest absolute Gasteiger partial charge is 0.497 e. The number of aryl methyl sites for hydroxylation is 1. The molecule has 1 aliphatic rings. The summed E-state index contributed by atoms with van der Waals surface area (Å²) in [5.41, 5.74) is 0.571. The summed E-state index contributed by atoms with van der Waals surface area (Å²) in [6, 6.07) is 8.83. The molecule has 1 N–H and O–H groups in total. The molecule has 0 radical (unpaired) electrons. The van der Waals surface area contributed by atoms with Crippen LogP contribution in [0.4, 0.5) is 5.82 Å². The fourth-order valence-corrected chi connectivity index (χ4v) is 2.93. The fraction of sp³-hybridized carbons (Fsp3) is 0.389. The molecule has 2 aromatic rings. The lowest BCUT2D eigenvalue weighted by molar-refractivity contribution is -0.119. The van der Waals surface area contributed by atoms with Gasteiger partial charge >= 0.3 is 0 Å². The van der Waals surface area contributed by atoms with Crippen LogP contribution >= 0.6 is 0 Å². The first-order valence-corrected chi connectivity index (χ1v) is 8.38. The number of nitrogens with zero attached hydrogens (tertiary/aromatic N) is 3. The summed E-state index contributed by atoms with van der Waals surface area (Å²) in [5, 5.41) is 7.08. The van der Waals surface area contributed by atoms with Gasteiger partial charge in [-0.15, -0.1) is 0 Å². The highest BCUT2D eigenvalue weighted by atomic mass is 16.5. The number of carbonyl (C=O) groups is 2. The average molecular weight is 342 g/mol. The van der Waals surface area contributed by atoms with E-state index in [9.17, 15) is 9.59 Å². The number of carbonyl (C=O) groups excluding carboxylic acids is 2. The summed E-state index contributed by atoms with van der Waals surface area (Å²) in [7, 11) is 1.57. The second-order valence-electron chi connectivity index (χ2n) is 6.01. The van der Waals surface area contributed by atoms with Crippen LogP contribution < -0.4 is 10.1 Å². The molecule has 0 spiro atoms. The number of hydrogen-bond donors (Lipinski definition) is 1. The van der Waals surface area contributed by atoms with Crippen LogP contribution in [0.15, 0.2) is 36.5 Å². The highest BCUT2D eigenvalue weighted by Gasteiger charge is 2.31. The van der Waals surface area contributed by atoms with E-state index >= 15 is 0 Å². The third-order valence-electron chi connectivity index (χ3n) is 4.38. The molecule has 1 aliphatic heterocycles. The lowest BCUT2D eigenvalue weighted by Gasteiger charge is -2.16. The molecule has 1 aromatic heterocycles. The first-order chi connectivity index (χ1) is 12.1. The third kappa shape index (κ3) is 3.81. The Balaban J connectivity index is 1.60. The van der Waals surface area contributed by atoms with E-state index in [1.165, 1.54) is 0 Å². The summed E-state index contributed by atoms with van der Waals surface area (Å²) in [5.74, 6) is 0.795. The van der Waals surface area contributed by atoms with Gasteiger partial charge in [0.1, 0.15) is 5.75 Å². The van der Waals surface area contributed by atoms with Crippen molar-refractivity contribution in [3.8, 4) is 5.75 Å². The summed E-state index contributed by atoms with van der Waals surface area (Å²) in [6.45, 7) is 3.72. The minimum absolute atomic E-state index is 0.0792. The van der Waals surface area contributed by atoms with Crippen molar-refractivity contribution in [1.82, 2.24) is 14.7 Å². The van der Waals surface area contributed by atoms with Crippen LogP contribution in [-0.4, -0.2) is 46.7 Å². The van der Waals surface area contributed by atoms with Gasteiger partial charge in [-0.25, -0.2) is 0 Å². The molecule has 1 aromatic carbocycles. The number of nitrogens with one attached hydrogen (secondary N) is 1. The minimum atomic E-state index is -0.221. The normalized spacial score (nSPS) is 16.7. The van der Waals surface area contributed by atoms with Gasteiger partial charge in [-0.05, 0) is 31.5 Å². The van der Waals surface area contributed by atoms with Crippen LogP contribution in [-0.2, 0) is 11.3 Å². The lowest BCUT2D eigenvalue weighted by atomic mass is 10.1. The topological polar surface area (TPSA) is 76.5 Å². The summed E-state index contributed by atoms with van der Waals surface area (Å²) >= 11 is 0. The quantitative estimate of drug-likeness (QED) is 0.902. The fourth-order valence-electron chi connectivity index (χ4n) is 2.93. The number of rotatable bonds is 5. The Hall–Kier alpha value is -2.83. The molecule has 7 nitrogen and oxygen atoms in total. The van der Waals surface area contributed by atoms with Crippen LogP contribution in [0.5, 0.6) is 5.75 Å². The maximum atomic E-state index is 12.6. The predicted octanol–water partition coefficient (Wildman–Crippen LogP) is 2.01. The molecule has 0 saturated carbocycles.